The van der Waals surface area contributed by atoms with Gasteiger partial charge in [-0.25, -0.2) is 9.18 Å². The summed E-state index contributed by atoms with van der Waals surface area (Å²) in [5.74, 6) is 0.929. The maximum atomic E-state index is 13.9. The number of alkyl halides is 1. The number of ether oxygens (including phenoxy) is 2. The molecule has 4 heteroatoms. The molecule has 0 aromatic heterocycles. The quantitative estimate of drug-likeness (QED) is 0.200. The van der Waals surface area contributed by atoms with Crippen molar-refractivity contribution in [3.63, 3.8) is 0 Å². The summed E-state index contributed by atoms with van der Waals surface area (Å²) in [7, 11) is 0. The molecule has 1 fully saturated rings. The number of rotatable bonds is 14. The van der Waals surface area contributed by atoms with Gasteiger partial charge in [-0.1, -0.05) is 75.9 Å². The molecule has 0 spiro atoms. The largest absolute Gasteiger partial charge is 0.494 e. The molecule has 0 N–H and O–H groups in total. The summed E-state index contributed by atoms with van der Waals surface area (Å²) in [6, 6.07) is 17.2. The first-order valence-electron chi connectivity index (χ1n) is 13.8. The van der Waals surface area contributed by atoms with E-state index in [1.165, 1.54) is 29.5 Å². The first-order valence-corrected chi connectivity index (χ1v) is 13.8. The van der Waals surface area contributed by atoms with Gasteiger partial charge in [0.2, 0.25) is 0 Å². The summed E-state index contributed by atoms with van der Waals surface area (Å²) in [5, 5.41) is 0. The highest BCUT2D eigenvalue weighted by Crippen LogP contribution is 2.30. The first kappa shape index (κ1) is 27.2. The number of aryl methyl sites for hydroxylation is 1. The Balaban J connectivity index is 1.37. The van der Waals surface area contributed by atoms with Crippen molar-refractivity contribution in [2.45, 2.75) is 103 Å². The Labute approximate surface area is 211 Å². The van der Waals surface area contributed by atoms with Crippen molar-refractivity contribution in [1.82, 2.24) is 0 Å². The Morgan fingerprint density at radius 1 is 0.886 bits per heavy atom. The Morgan fingerprint density at radius 2 is 1.51 bits per heavy atom. The average Bonchev–Trinajstić information content (AvgIpc) is 2.90. The van der Waals surface area contributed by atoms with Crippen molar-refractivity contribution < 1.29 is 18.7 Å². The molecule has 0 unspecified atom stereocenters. The van der Waals surface area contributed by atoms with E-state index < -0.39 is 12.1 Å². The van der Waals surface area contributed by atoms with Crippen molar-refractivity contribution >= 4 is 5.97 Å². The van der Waals surface area contributed by atoms with Gasteiger partial charge in [0.05, 0.1) is 6.61 Å². The van der Waals surface area contributed by atoms with Gasteiger partial charge in [-0.15, -0.1) is 0 Å². The van der Waals surface area contributed by atoms with Crippen LogP contribution in [0.15, 0.2) is 48.5 Å². The lowest BCUT2D eigenvalue weighted by molar-refractivity contribution is -0.157. The minimum Gasteiger partial charge on any atom is -0.494 e. The average molecular weight is 483 g/mol. The second-order valence-corrected chi connectivity index (χ2v) is 10.0. The zero-order valence-corrected chi connectivity index (χ0v) is 21.6. The normalized spacial score (nSPS) is 18.7. The van der Waals surface area contributed by atoms with Crippen molar-refractivity contribution in [3.8, 4) is 16.9 Å². The highest BCUT2D eigenvalue weighted by atomic mass is 19.1. The maximum Gasteiger partial charge on any atom is 0.340 e. The molecule has 0 aliphatic heterocycles. The molecule has 35 heavy (non-hydrogen) atoms. The second kappa shape index (κ2) is 14.9. The van der Waals surface area contributed by atoms with Crippen LogP contribution >= 0.6 is 0 Å². The summed E-state index contributed by atoms with van der Waals surface area (Å²) >= 11 is 0. The van der Waals surface area contributed by atoms with Crippen molar-refractivity contribution in [2.75, 3.05) is 6.61 Å². The third-order valence-electron chi connectivity index (χ3n) is 7.14. The van der Waals surface area contributed by atoms with Gasteiger partial charge in [0.25, 0.3) is 0 Å². The molecule has 1 atom stereocenters. The van der Waals surface area contributed by atoms with E-state index in [2.05, 4.69) is 55.5 Å². The lowest BCUT2D eigenvalue weighted by Gasteiger charge is -2.28. The number of unbranched alkanes of at least 4 members (excludes halogenated alkanes) is 3. The van der Waals surface area contributed by atoms with E-state index in [0.717, 1.165) is 70.1 Å². The van der Waals surface area contributed by atoms with Gasteiger partial charge in [0.1, 0.15) is 11.9 Å². The van der Waals surface area contributed by atoms with Crippen LogP contribution in [0.1, 0.15) is 90.0 Å². The maximum absolute atomic E-state index is 13.9. The van der Waals surface area contributed by atoms with E-state index in [1.54, 1.807) is 0 Å². The topological polar surface area (TPSA) is 35.5 Å². The number of benzene rings is 2. The Bertz CT molecular complexity index is 854. The predicted molar refractivity (Wildman–Crippen MR) is 141 cm³/mol. The number of carbonyl (C=O) groups excluding carboxylic acids is 1. The number of hydrogen-bond acceptors (Lipinski definition) is 3. The van der Waals surface area contributed by atoms with Crippen LogP contribution in [-0.4, -0.2) is 24.9 Å². The van der Waals surface area contributed by atoms with Gasteiger partial charge in [-0.05, 0) is 86.1 Å². The molecule has 2 aromatic rings. The van der Waals surface area contributed by atoms with Crippen LogP contribution in [-0.2, 0) is 16.0 Å². The van der Waals surface area contributed by atoms with E-state index in [4.69, 9.17) is 9.47 Å². The summed E-state index contributed by atoms with van der Waals surface area (Å²) in [5.41, 5.74) is 3.78. The van der Waals surface area contributed by atoms with E-state index >= 15 is 0 Å². The Morgan fingerprint density at radius 3 is 2.14 bits per heavy atom. The highest BCUT2D eigenvalue weighted by molar-refractivity contribution is 5.74. The monoisotopic (exact) mass is 482 g/mol. The summed E-state index contributed by atoms with van der Waals surface area (Å²) in [4.78, 5) is 11.9. The van der Waals surface area contributed by atoms with Crippen LogP contribution in [0.5, 0.6) is 5.75 Å². The van der Waals surface area contributed by atoms with Crippen LogP contribution in [0.4, 0.5) is 4.39 Å². The van der Waals surface area contributed by atoms with E-state index in [9.17, 15) is 9.18 Å². The summed E-state index contributed by atoms with van der Waals surface area (Å²) in [6.45, 7) is 4.98. The minimum absolute atomic E-state index is 0.106. The zero-order valence-electron chi connectivity index (χ0n) is 21.6. The van der Waals surface area contributed by atoms with Crippen molar-refractivity contribution in [2.24, 2.45) is 5.92 Å². The van der Waals surface area contributed by atoms with E-state index in [0.29, 0.717) is 5.92 Å². The lowest BCUT2D eigenvalue weighted by atomic mass is 9.83. The molecule has 0 saturated heterocycles. The first-order chi connectivity index (χ1) is 17.1. The summed E-state index contributed by atoms with van der Waals surface area (Å²) in [6.07, 6.45) is 9.87. The molecule has 1 aliphatic rings. The third kappa shape index (κ3) is 9.31. The molecule has 2 aromatic carbocycles. The van der Waals surface area contributed by atoms with Crippen molar-refractivity contribution in [1.29, 1.82) is 0 Å². The molecular weight excluding hydrogens is 439 g/mol. The SMILES string of the molecule is CCCCCOc1ccc(-c2ccc(CC[C@H]3CC[C@H](OC(=O)[C@@H](F)CCCC)CC3)cc2)cc1. The van der Waals surface area contributed by atoms with Crippen LogP contribution in [0.25, 0.3) is 11.1 Å². The molecule has 0 heterocycles. The van der Waals surface area contributed by atoms with Gasteiger partial charge >= 0.3 is 5.97 Å². The van der Waals surface area contributed by atoms with Gasteiger partial charge < -0.3 is 9.47 Å². The molecule has 192 valence electrons. The number of esters is 1. The fourth-order valence-corrected chi connectivity index (χ4v) is 4.80. The van der Waals surface area contributed by atoms with Crippen LogP contribution < -0.4 is 4.74 Å². The zero-order chi connectivity index (χ0) is 24.9. The van der Waals surface area contributed by atoms with E-state index in [-0.39, 0.29) is 12.5 Å². The highest BCUT2D eigenvalue weighted by Gasteiger charge is 2.27. The minimum atomic E-state index is -1.46. The van der Waals surface area contributed by atoms with Gasteiger partial charge in [-0.3, -0.25) is 0 Å². The third-order valence-corrected chi connectivity index (χ3v) is 7.14. The fourth-order valence-electron chi connectivity index (χ4n) is 4.80. The Hall–Kier alpha value is -2.36. The van der Waals surface area contributed by atoms with Crippen molar-refractivity contribution in [3.05, 3.63) is 54.1 Å². The molecule has 1 saturated carbocycles. The molecule has 3 rings (SSSR count). The molecular formula is C31H43FO3. The number of carbonyl (C=O) groups is 1. The fraction of sp³-hybridized carbons (Fsp3) is 0.581. The molecule has 0 bridgehead atoms. The molecule has 0 amide bonds. The number of halogens is 1. The van der Waals surface area contributed by atoms with Gasteiger partial charge in [0, 0.05) is 0 Å². The number of hydrogen-bond donors (Lipinski definition) is 0. The van der Waals surface area contributed by atoms with Crippen LogP contribution in [0.2, 0.25) is 0 Å². The smallest absolute Gasteiger partial charge is 0.340 e. The van der Waals surface area contributed by atoms with Crippen LogP contribution in [0.3, 0.4) is 0 Å². The van der Waals surface area contributed by atoms with E-state index in [1.807, 2.05) is 6.92 Å². The second-order valence-electron chi connectivity index (χ2n) is 10.0. The van der Waals surface area contributed by atoms with Crippen LogP contribution in [0, 0.1) is 5.92 Å². The molecule has 3 nitrogen and oxygen atoms in total. The lowest BCUT2D eigenvalue weighted by Crippen LogP contribution is -2.29. The predicted octanol–water partition coefficient (Wildman–Crippen LogP) is 8.49. The Kier molecular flexibility index (Phi) is 11.6. The standard InChI is InChI=1S/C31H43FO3/c1-3-5-7-23-34-28-21-17-27(18-22-28)26-15-11-24(12-16-26)9-10-25-13-19-29(20-14-25)35-31(33)30(32)8-6-4-2/h11-12,15-18,21-22,25,29-30H,3-10,13-14,19-20,23H2,1-2H3/t25-,29-,30-/m0/s1. The summed E-state index contributed by atoms with van der Waals surface area (Å²) < 4.78 is 25.1. The van der Waals surface area contributed by atoms with Gasteiger partial charge in [0.15, 0.2) is 6.17 Å². The molecule has 1 aliphatic carbocycles. The van der Waals surface area contributed by atoms with Gasteiger partial charge in [-0.2, -0.15) is 0 Å². The molecule has 0 radical (unpaired) electrons.